The van der Waals surface area contributed by atoms with Crippen molar-refractivity contribution in [2.45, 2.75) is 62.7 Å². The van der Waals surface area contributed by atoms with Gasteiger partial charge in [-0.2, -0.15) is 0 Å². The first-order valence-corrected chi connectivity index (χ1v) is 15.8. The summed E-state index contributed by atoms with van der Waals surface area (Å²) in [5.74, 6) is -2.57. The van der Waals surface area contributed by atoms with Gasteiger partial charge in [-0.3, -0.25) is 14.4 Å². The van der Waals surface area contributed by atoms with Crippen LogP contribution in [-0.2, 0) is 19.1 Å². The third-order valence-electron chi connectivity index (χ3n) is 9.21. The lowest BCUT2D eigenvalue weighted by Gasteiger charge is -2.40. The Balaban J connectivity index is 1.82. The van der Waals surface area contributed by atoms with Crippen LogP contribution in [-0.4, -0.2) is 101 Å². The lowest BCUT2D eigenvalue weighted by atomic mass is 9.70. The Kier molecular flexibility index (Phi) is 9.89. The van der Waals surface area contributed by atoms with Crippen LogP contribution >= 0.6 is 15.9 Å². The molecule has 3 amide bonds. The summed E-state index contributed by atoms with van der Waals surface area (Å²) in [6.07, 6.45) is 3.15. The second-order valence-corrected chi connectivity index (χ2v) is 13.0. The maximum atomic E-state index is 14.8. The molecule has 3 aliphatic heterocycles. The van der Waals surface area contributed by atoms with Crippen LogP contribution in [0.15, 0.2) is 49.6 Å². The van der Waals surface area contributed by atoms with E-state index < -0.39 is 35.6 Å². The number of alkyl halides is 1. The van der Waals surface area contributed by atoms with E-state index in [2.05, 4.69) is 47.8 Å². The van der Waals surface area contributed by atoms with Crippen LogP contribution in [0.2, 0.25) is 0 Å². The summed E-state index contributed by atoms with van der Waals surface area (Å²) >= 11 is 3.73. The smallest absolute Gasteiger partial charge is 0.253 e. The molecule has 10 heteroatoms. The second-order valence-electron chi connectivity index (χ2n) is 11.8. The predicted molar refractivity (Wildman–Crippen MR) is 169 cm³/mol. The number of likely N-dealkylation sites (N-methyl/N-ethyl adjacent to an activating group) is 1. The van der Waals surface area contributed by atoms with Crippen LogP contribution in [0.3, 0.4) is 0 Å². The number of halogens is 1. The first kappa shape index (κ1) is 32.2. The maximum absolute atomic E-state index is 14.8. The molecule has 3 fully saturated rings. The van der Waals surface area contributed by atoms with Crippen molar-refractivity contribution in [3.8, 4) is 0 Å². The predicted octanol–water partition coefficient (Wildman–Crippen LogP) is 3.46. The molecule has 3 saturated heterocycles. The molecule has 4 rings (SSSR count). The molecule has 0 radical (unpaired) electrons. The second kappa shape index (κ2) is 12.9. The van der Waals surface area contributed by atoms with E-state index in [1.54, 1.807) is 29.0 Å². The third kappa shape index (κ3) is 5.19. The van der Waals surface area contributed by atoms with Crippen molar-refractivity contribution >= 4 is 45.0 Å². The minimum atomic E-state index is -1.22. The van der Waals surface area contributed by atoms with Gasteiger partial charge in [0.05, 0.1) is 30.6 Å². The van der Waals surface area contributed by atoms with Gasteiger partial charge in [0.15, 0.2) is 0 Å². The molecule has 3 aliphatic rings. The van der Waals surface area contributed by atoms with Gasteiger partial charge in [0.2, 0.25) is 11.8 Å². The quantitative estimate of drug-likeness (QED) is 0.261. The van der Waals surface area contributed by atoms with Gasteiger partial charge in [0, 0.05) is 49.4 Å². The molecule has 9 nitrogen and oxygen atoms in total. The van der Waals surface area contributed by atoms with Crippen LogP contribution < -0.4 is 9.80 Å². The van der Waals surface area contributed by atoms with Crippen molar-refractivity contribution in [3.63, 3.8) is 0 Å². The van der Waals surface area contributed by atoms with Crippen molar-refractivity contribution in [1.82, 2.24) is 9.80 Å². The van der Waals surface area contributed by atoms with Crippen LogP contribution in [0, 0.1) is 17.8 Å². The number of fused-ring (bicyclic) bond motifs is 1. The number of hydrogen-bond donors (Lipinski definition) is 1. The molecule has 3 unspecified atom stereocenters. The summed E-state index contributed by atoms with van der Waals surface area (Å²) in [6, 6.07) is 6.16. The van der Waals surface area contributed by atoms with E-state index in [4.69, 9.17) is 4.74 Å². The van der Waals surface area contributed by atoms with E-state index >= 15 is 0 Å². The number of carbonyl (C=O) groups is 3. The Hall–Kier alpha value is -2.69. The fourth-order valence-electron chi connectivity index (χ4n) is 7.18. The standard InChI is InChI=1S/C32H45BrN4O5/c1-8-16-34(7)29(39)25-26-30(40)37(24(19-38)20(5)6)28(32(26)18-23(33)27(25)42-32)31(41)36(17-9-2)22-14-12-21(13-15-22)35(10-3)11-4/h8-9,12-15,20,23-28,38H,1-2,10-11,16-19H2,3-7H3/t23?,24-,25+,26-,27+,28?,32?/m0/s1. The number of anilines is 2. The highest BCUT2D eigenvalue weighted by molar-refractivity contribution is 9.09. The lowest BCUT2D eigenvalue weighted by Crippen LogP contribution is -2.60. The van der Waals surface area contributed by atoms with E-state index in [1.807, 2.05) is 38.1 Å². The molecule has 1 spiro atoms. The molecule has 1 aromatic carbocycles. The van der Waals surface area contributed by atoms with Crippen LogP contribution in [0.5, 0.6) is 0 Å². The SMILES string of the molecule is C=CCN(C)C(=O)[C@H]1[C@@H]2OC3(CC2Br)C(C(=O)N(CC=C)c2ccc(N(CC)CC)cc2)N([C@@H](CO)C(C)C)C(=O)[C@H]13. The van der Waals surface area contributed by atoms with E-state index in [0.717, 1.165) is 18.8 Å². The van der Waals surface area contributed by atoms with Crippen LogP contribution in [0.25, 0.3) is 0 Å². The summed E-state index contributed by atoms with van der Waals surface area (Å²) in [7, 11) is 1.68. The Labute approximate surface area is 258 Å². The third-order valence-corrected chi connectivity index (χ3v) is 10.1. The minimum Gasteiger partial charge on any atom is -0.394 e. The Morgan fingerprint density at radius 2 is 1.71 bits per heavy atom. The molecular weight excluding hydrogens is 600 g/mol. The zero-order valence-electron chi connectivity index (χ0n) is 25.4. The number of aliphatic hydroxyl groups excluding tert-OH is 1. The van der Waals surface area contributed by atoms with Gasteiger partial charge in [0.25, 0.3) is 5.91 Å². The molecule has 1 N–H and O–H groups in total. The number of benzene rings is 1. The van der Waals surface area contributed by atoms with Crippen molar-refractivity contribution in [1.29, 1.82) is 0 Å². The first-order valence-electron chi connectivity index (χ1n) is 14.9. The number of nitrogens with zero attached hydrogens (tertiary/aromatic N) is 4. The normalized spacial score (nSPS) is 28.5. The summed E-state index contributed by atoms with van der Waals surface area (Å²) < 4.78 is 6.67. The lowest BCUT2D eigenvalue weighted by molar-refractivity contribution is -0.147. The molecule has 3 heterocycles. The van der Waals surface area contributed by atoms with Crippen molar-refractivity contribution in [2.24, 2.45) is 17.8 Å². The zero-order chi connectivity index (χ0) is 30.9. The minimum absolute atomic E-state index is 0.139. The van der Waals surface area contributed by atoms with Gasteiger partial charge in [-0.25, -0.2) is 0 Å². The molecule has 0 aliphatic carbocycles. The zero-order valence-corrected chi connectivity index (χ0v) is 27.0. The highest BCUT2D eigenvalue weighted by atomic mass is 79.9. The summed E-state index contributed by atoms with van der Waals surface area (Å²) in [5.41, 5.74) is 0.510. The summed E-state index contributed by atoms with van der Waals surface area (Å²) in [5, 5.41) is 10.5. The van der Waals surface area contributed by atoms with Gasteiger partial charge >= 0.3 is 0 Å². The van der Waals surface area contributed by atoms with E-state index in [9.17, 15) is 19.5 Å². The molecule has 42 heavy (non-hydrogen) atoms. The van der Waals surface area contributed by atoms with Gasteiger partial charge in [-0.05, 0) is 50.5 Å². The van der Waals surface area contributed by atoms with Gasteiger partial charge in [-0.1, -0.05) is 41.9 Å². The number of amides is 3. The van der Waals surface area contributed by atoms with Gasteiger partial charge < -0.3 is 29.4 Å². The molecule has 7 atom stereocenters. The van der Waals surface area contributed by atoms with Crippen molar-refractivity contribution in [2.75, 3.05) is 49.6 Å². The maximum Gasteiger partial charge on any atom is 0.253 e. The van der Waals surface area contributed by atoms with E-state index in [-0.39, 0.29) is 41.6 Å². The summed E-state index contributed by atoms with van der Waals surface area (Å²) in [6.45, 7) is 17.6. The van der Waals surface area contributed by atoms with E-state index in [1.165, 1.54) is 4.90 Å². The molecule has 2 bridgehead atoms. The van der Waals surface area contributed by atoms with Crippen LogP contribution in [0.4, 0.5) is 11.4 Å². The Morgan fingerprint density at radius 3 is 2.24 bits per heavy atom. The topological polar surface area (TPSA) is 93.6 Å². The molecule has 230 valence electrons. The average Bonchev–Trinajstić information content (AvgIpc) is 3.56. The number of aliphatic hydroxyl groups is 1. The highest BCUT2D eigenvalue weighted by Gasteiger charge is 2.77. The molecule has 1 aromatic rings. The molecule has 0 saturated carbocycles. The number of likely N-dealkylation sites (tertiary alicyclic amines) is 1. The Bertz CT molecular complexity index is 1190. The molecule has 0 aromatic heterocycles. The van der Waals surface area contributed by atoms with Crippen molar-refractivity contribution in [3.05, 3.63) is 49.6 Å². The fraction of sp³-hybridized carbons (Fsp3) is 0.594. The Morgan fingerprint density at radius 1 is 1.12 bits per heavy atom. The number of rotatable bonds is 13. The number of hydrogen-bond acceptors (Lipinski definition) is 6. The molecular formula is C32H45BrN4O5. The first-order chi connectivity index (χ1) is 20.0. The summed E-state index contributed by atoms with van der Waals surface area (Å²) in [4.78, 5) is 49.7. The fourth-order valence-corrected chi connectivity index (χ4v) is 8.12. The van der Waals surface area contributed by atoms with Gasteiger partial charge in [0.1, 0.15) is 11.6 Å². The highest BCUT2D eigenvalue weighted by Crippen LogP contribution is 2.61. The van der Waals surface area contributed by atoms with Crippen molar-refractivity contribution < 1.29 is 24.2 Å². The van der Waals surface area contributed by atoms with Gasteiger partial charge in [-0.15, -0.1) is 13.2 Å². The van der Waals surface area contributed by atoms with Crippen LogP contribution in [0.1, 0.15) is 34.1 Å². The average molecular weight is 646 g/mol. The number of ether oxygens (including phenoxy) is 1. The number of carbonyl (C=O) groups excluding carboxylic acids is 3. The van der Waals surface area contributed by atoms with E-state index in [0.29, 0.717) is 18.7 Å². The largest absolute Gasteiger partial charge is 0.394 e. The monoisotopic (exact) mass is 644 g/mol.